The first kappa shape index (κ1) is 26.0. The third-order valence-corrected chi connectivity index (χ3v) is 8.11. The molecule has 0 bridgehead atoms. The molecule has 38 heavy (non-hydrogen) atoms. The molecular formula is C28H32N6O3S. The van der Waals surface area contributed by atoms with E-state index in [0.29, 0.717) is 35.8 Å². The van der Waals surface area contributed by atoms with Gasteiger partial charge in [0, 0.05) is 30.4 Å². The number of likely N-dealkylation sites (tertiary alicyclic amines) is 1. The first-order valence-corrected chi connectivity index (χ1v) is 14.4. The van der Waals surface area contributed by atoms with Crippen LogP contribution in [0.4, 0.5) is 11.6 Å². The topological polar surface area (TPSA) is 109 Å². The summed E-state index contributed by atoms with van der Waals surface area (Å²) < 4.78 is 34.0. The van der Waals surface area contributed by atoms with Gasteiger partial charge in [0.1, 0.15) is 11.3 Å². The van der Waals surface area contributed by atoms with Gasteiger partial charge >= 0.3 is 0 Å². The van der Waals surface area contributed by atoms with Crippen LogP contribution in [-0.4, -0.2) is 61.3 Å². The van der Waals surface area contributed by atoms with E-state index in [1.54, 1.807) is 24.3 Å². The number of aryl methyl sites for hydroxylation is 1. The number of aromatic nitrogens is 3. The number of anilines is 2. The van der Waals surface area contributed by atoms with E-state index in [0.717, 1.165) is 42.1 Å². The molecular weight excluding hydrogens is 500 g/mol. The molecule has 1 saturated heterocycles. The van der Waals surface area contributed by atoms with Gasteiger partial charge in [0.15, 0.2) is 0 Å². The van der Waals surface area contributed by atoms with Crippen LogP contribution in [0.1, 0.15) is 25.3 Å². The highest BCUT2D eigenvalue weighted by Gasteiger charge is 2.17. The summed E-state index contributed by atoms with van der Waals surface area (Å²) in [5.74, 6) is 1.04. The Morgan fingerprint density at radius 3 is 2.45 bits per heavy atom. The maximum Gasteiger partial charge on any atom is 0.247 e. The Morgan fingerprint density at radius 2 is 1.71 bits per heavy atom. The standard InChI is InChI=1S/C28H32N6O3S/c1-3-37-27-19-25-26(18-24(27)23-9-5-4-8-20(23)2)32-33-28(31-25)30-21-10-12-22(13-11-21)38(35,36)29-14-17-34-15-6-7-16-34/h4-5,8-13,18-19,29H,3,6-7,14-17H2,1-2H3,(H,30,31,33). The molecule has 9 nitrogen and oxygen atoms in total. The van der Waals surface area contributed by atoms with Crippen molar-refractivity contribution >= 4 is 32.7 Å². The van der Waals surface area contributed by atoms with Crippen molar-refractivity contribution in [2.24, 2.45) is 0 Å². The Labute approximate surface area is 223 Å². The smallest absolute Gasteiger partial charge is 0.247 e. The normalized spacial score (nSPS) is 14.2. The summed E-state index contributed by atoms with van der Waals surface area (Å²) >= 11 is 0. The van der Waals surface area contributed by atoms with Crippen molar-refractivity contribution in [3.05, 3.63) is 66.2 Å². The van der Waals surface area contributed by atoms with Crippen molar-refractivity contribution in [1.29, 1.82) is 0 Å². The zero-order chi connectivity index (χ0) is 26.5. The van der Waals surface area contributed by atoms with Crippen LogP contribution < -0.4 is 14.8 Å². The molecule has 1 fully saturated rings. The molecule has 0 amide bonds. The molecule has 0 spiro atoms. The zero-order valence-corrected chi connectivity index (χ0v) is 22.5. The van der Waals surface area contributed by atoms with Gasteiger partial charge < -0.3 is 15.0 Å². The zero-order valence-electron chi connectivity index (χ0n) is 21.6. The van der Waals surface area contributed by atoms with Crippen molar-refractivity contribution in [2.45, 2.75) is 31.6 Å². The van der Waals surface area contributed by atoms with Crippen LogP contribution in [0.5, 0.6) is 5.75 Å². The molecule has 1 aliphatic heterocycles. The Hall–Kier alpha value is -3.60. The predicted octanol–water partition coefficient (Wildman–Crippen LogP) is 4.52. The lowest BCUT2D eigenvalue weighted by molar-refractivity contribution is 0.342. The lowest BCUT2D eigenvalue weighted by atomic mass is 9.99. The van der Waals surface area contributed by atoms with E-state index in [4.69, 9.17) is 4.74 Å². The Morgan fingerprint density at radius 1 is 0.947 bits per heavy atom. The number of benzene rings is 3. The SMILES string of the molecule is CCOc1cc2nc(Nc3ccc(S(=O)(=O)NCCN4CCCC4)cc3)nnc2cc1-c1ccccc1C. The third kappa shape index (κ3) is 5.93. The van der Waals surface area contributed by atoms with Crippen LogP contribution in [0.2, 0.25) is 0 Å². The molecule has 198 valence electrons. The summed E-state index contributed by atoms with van der Waals surface area (Å²) in [5.41, 5.74) is 5.11. The van der Waals surface area contributed by atoms with E-state index >= 15 is 0 Å². The van der Waals surface area contributed by atoms with E-state index in [2.05, 4.69) is 49.2 Å². The molecule has 0 unspecified atom stereocenters. The average Bonchev–Trinajstić information content (AvgIpc) is 3.43. The quantitative estimate of drug-likeness (QED) is 0.307. The minimum Gasteiger partial charge on any atom is -0.493 e. The summed E-state index contributed by atoms with van der Waals surface area (Å²) in [6, 6.07) is 18.5. The van der Waals surface area contributed by atoms with Crippen molar-refractivity contribution in [3.8, 4) is 16.9 Å². The Bertz CT molecular complexity index is 1520. The van der Waals surface area contributed by atoms with E-state index in [1.807, 2.05) is 31.2 Å². The van der Waals surface area contributed by atoms with Gasteiger partial charge in [-0.15, -0.1) is 10.2 Å². The van der Waals surface area contributed by atoms with Crippen molar-refractivity contribution < 1.29 is 13.2 Å². The second-order valence-corrected chi connectivity index (χ2v) is 11.1. The number of fused-ring (bicyclic) bond motifs is 1. The van der Waals surface area contributed by atoms with Crippen LogP contribution in [0.15, 0.2) is 65.6 Å². The van der Waals surface area contributed by atoms with E-state index < -0.39 is 10.0 Å². The Balaban J connectivity index is 1.31. The van der Waals surface area contributed by atoms with Gasteiger partial charge in [-0.2, -0.15) is 0 Å². The number of nitrogens with one attached hydrogen (secondary N) is 2. The first-order valence-electron chi connectivity index (χ1n) is 12.9. The second-order valence-electron chi connectivity index (χ2n) is 9.32. The molecule has 1 aromatic heterocycles. The lowest BCUT2D eigenvalue weighted by Gasteiger charge is -2.15. The highest BCUT2D eigenvalue weighted by Crippen LogP contribution is 2.35. The molecule has 2 heterocycles. The van der Waals surface area contributed by atoms with Crippen LogP contribution >= 0.6 is 0 Å². The molecule has 0 atom stereocenters. The fourth-order valence-electron chi connectivity index (χ4n) is 4.65. The number of hydrogen-bond donors (Lipinski definition) is 2. The minimum atomic E-state index is -3.57. The van der Waals surface area contributed by atoms with Gasteiger partial charge in [-0.25, -0.2) is 18.1 Å². The molecule has 3 aromatic carbocycles. The van der Waals surface area contributed by atoms with Crippen molar-refractivity contribution in [2.75, 3.05) is 38.1 Å². The van der Waals surface area contributed by atoms with Crippen LogP contribution in [0, 0.1) is 6.92 Å². The summed E-state index contributed by atoms with van der Waals surface area (Å²) in [5, 5.41) is 11.7. The molecule has 1 aliphatic rings. The number of nitrogens with zero attached hydrogens (tertiary/aromatic N) is 4. The molecule has 2 N–H and O–H groups in total. The van der Waals surface area contributed by atoms with Gasteiger partial charge in [-0.05, 0) is 81.2 Å². The fraction of sp³-hybridized carbons (Fsp3) is 0.321. The van der Waals surface area contributed by atoms with Crippen LogP contribution in [-0.2, 0) is 10.0 Å². The number of hydrogen-bond acceptors (Lipinski definition) is 8. The summed E-state index contributed by atoms with van der Waals surface area (Å²) in [6.45, 7) is 7.73. The van der Waals surface area contributed by atoms with Crippen LogP contribution in [0.25, 0.3) is 22.2 Å². The summed E-state index contributed by atoms with van der Waals surface area (Å²) in [6.07, 6.45) is 2.36. The number of rotatable bonds is 10. The average molecular weight is 533 g/mol. The van der Waals surface area contributed by atoms with E-state index in [1.165, 1.54) is 12.8 Å². The fourth-order valence-corrected chi connectivity index (χ4v) is 5.67. The number of sulfonamides is 1. The minimum absolute atomic E-state index is 0.215. The van der Waals surface area contributed by atoms with Gasteiger partial charge in [-0.3, -0.25) is 0 Å². The van der Waals surface area contributed by atoms with Gasteiger partial charge in [0.25, 0.3) is 0 Å². The third-order valence-electron chi connectivity index (χ3n) is 6.63. The second kappa shape index (κ2) is 11.4. The maximum atomic E-state index is 12.7. The number of ether oxygens (including phenoxy) is 1. The molecule has 0 radical (unpaired) electrons. The van der Waals surface area contributed by atoms with Gasteiger partial charge in [0.05, 0.1) is 17.0 Å². The highest BCUT2D eigenvalue weighted by molar-refractivity contribution is 7.89. The predicted molar refractivity (Wildman–Crippen MR) is 149 cm³/mol. The molecule has 10 heteroatoms. The summed E-state index contributed by atoms with van der Waals surface area (Å²) in [4.78, 5) is 7.11. The largest absolute Gasteiger partial charge is 0.493 e. The molecule has 0 saturated carbocycles. The van der Waals surface area contributed by atoms with Gasteiger partial charge in [0.2, 0.25) is 16.0 Å². The molecule has 0 aliphatic carbocycles. The molecule has 5 rings (SSSR count). The van der Waals surface area contributed by atoms with Crippen molar-refractivity contribution in [1.82, 2.24) is 24.8 Å². The van der Waals surface area contributed by atoms with Crippen molar-refractivity contribution in [3.63, 3.8) is 0 Å². The van der Waals surface area contributed by atoms with E-state index in [9.17, 15) is 8.42 Å². The lowest BCUT2D eigenvalue weighted by Crippen LogP contribution is -2.33. The van der Waals surface area contributed by atoms with Crippen LogP contribution in [0.3, 0.4) is 0 Å². The highest BCUT2D eigenvalue weighted by atomic mass is 32.2. The van der Waals surface area contributed by atoms with Gasteiger partial charge in [-0.1, -0.05) is 24.3 Å². The Kier molecular flexibility index (Phi) is 7.82. The monoisotopic (exact) mass is 532 g/mol. The molecule has 4 aromatic rings. The first-order chi connectivity index (χ1) is 18.4. The maximum absolute atomic E-state index is 12.7. The van der Waals surface area contributed by atoms with E-state index in [-0.39, 0.29) is 4.90 Å². The summed E-state index contributed by atoms with van der Waals surface area (Å²) in [7, 11) is -3.57.